The summed E-state index contributed by atoms with van der Waals surface area (Å²) >= 11 is 6.57. The number of hydrogen-bond donors (Lipinski definition) is 3. The van der Waals surface area contributed by atoms with E-state index >= 15 is 0 Å². The summed E-state index contributed by atoms with van der Waals surface area (Å²) < 4.78 is 7.19. The Balaban J connectivity index is 1.44. The van der Waals surface area contributed by atoms with Crippen LogP contribution in [0.15, 0.2) is 61.4 Å². The van der Waals surface area contributed by atoms with Crippen LogP contribution in [0.3, 0.4) is 0 Å². The Morgan fingerprint density at radius 2 is 1.97 bits per heavy atom. The lowest BCUT2D eigenvalue weighted by Crippen LogP contribution is -2.36. The molecule has 0 atom stereocenters. The predicted octanol–water partition coefficient (Wildman–Crippen LogP) is 3.76. The molecule has 0 saturated carbocycles. The van der Waals surface area contributed by atoms with Gasteiger partial charge in [0.1, 0.15) is 6.33 Å². The van der Waals surface area contributed by atoms with E-state index < -0.39 is 0 Å². The molecule has 2 aromatic carbocycles. The Morgan fingerprint density at radius 3 is 2.74 bits per heavy atom. The van der Waals surface area contributed by atoms with Crippen LogP contribution in [-0.4, -0.2) is 51.7 Å². The number of nitrogens with one attached hydrogen (secondary N) is 2. The Bertz CT molecular complexity index is 1410. The fraction of sp³-hybridized carbons (Fsp3) is 0.167. The quantitative estimate of drug-likeness (QED) is 0.349. The third kappa shape index (κ3) is 4.75. The maximum Gasteiger partial charge on any atom is 0.247 e. The molecular weight excluding hydrogens is 468 g/mol. The normalized spacial score (nSPS) is 13.6. The fourth-order valence-electron chi connectivity index (χ4n) is 3.87. The molecule has 4 aromatic rings. The first-order chi connectivity index (χ1) is 17.0. The van der Waals surface area contributed by atoms with Gasteiger partial charge in [-0.25, -0.2) is 4.98 Å². The van der Waals surface area contributed by atoms with Crippen molar-refractivity contribution in [2.75, 3.05) is 47.6 Å². The van der Waals surface area contributed by atoms with Gasteiger partial charge in [0.05, 0.1) is 29.6 Å². The van der Waals surface area contributed by atoms with Crippen LogP contribution in [-0.2, 0) is 9.53 Å². The number of rotatable bonds is 6. The summed E-state index contributed by atoms with van der Waals surface area (Å²) in [5.74, 6) is 0.250. The number of nitrogens with zero attached hydrogens (tertiary/aromatic N) is 5. The van der Waals surface area contributed by atoms with Crippen molar-refractivity contribution < 1.29 is 9.53 Å². The van der Waals surface area contributed by atoms with E-state index in [1.165, 1.54) is 6.08 Å². The number of fused-ring (bicyclic) bond motifs is 1. The lowest BCUT2D eigenvalue weighted by molar-refractivity contribution is -0.111. The van der Waals surface area contributed by atoms with Crippen LogP contribution in [0.1, 0.15) is 0 Å². The minimum absolute atomic E-state index is 0.239. The number of amides is 1. The molecule has 35 heavy (non-hydrogen) atoms. The van der Waals surface area contributed by atoms with Crippen LogP contribution in [0.25, 0.3) is 16.9 Å². The maximum atomic E-state index is 11.7. The van der Waals surface area contributed by atoms with E-state index in [0.717, 1.165) is 30.2 Å². The number of nitrogen functional groups attached to an aromatic ring is 1. The minimum atomic E-state index is -0.297. The molecule has 10 nitrogen and oxygen atoms in total. The number of morpholine rings is 1. The number of halogens is 1. The van der Waals surface area contributed by atoms with Crippen LogP contribution >= 0.6 is 11.6 Å². The van der Waals surface area contributed by atoms with Gasteiger partial charge in [-0.15, -0.1) is 0 Å². The van der Waals surface area contributed by atoms with Crippen molar-refractivity contribution in [2.45, 2.75) is 0 Å². The monoisotopic (exact) mass is 490 g/mol. The second kappa shape index (κ2) is 9.61. The van der Waals surface area contributed by atoms with Gasteiger partial charge < -0.3 is 26.0 Å². The van der Waals surface area contributed by atoms with Crippen LogP contribution in [0.4, 0.5) is 28.8 Å². The lowest BCUT2D eigenvalue weighted by Gasteiger charge is -2.29. The van der Waals surface area contributed by atoms with Crippen LogP contribution in [0.5, 0.6) is 0 Å². The molecule has 1 amide bonds. The molecule has 1 fully saturated rings. The number of imidazole rings is 1. The first-order valence-electron chi connectivity index (χ1n) is 11.0. The van der Waals surface area contributed by atoms with E-state index in [0.29, 0.717) is 41.0 Å². The zero-order chi connectivity index (χ0) is 24.4. The summed E-state index contributed by atoms with van der Waals surface area (Å²) in [6.45, 7) is 6.43. The van der Waals surface area contributed by atoms with Crippen molar-refractivity contribution in [1.82, 2.24) is 19.5 Å². The number of anilines is 5. The summed E-state index contributed by atoms with van der Waals surface area (Å²) in [6, 6.07) is 13.0. The smallest absolute Gasteiger partial charge is 0.247 e. The number of nitrogens with two attached hydrogens (primary N) is 1. The van der Waals surface area contributed by atoms with Crippen molar-refractivity contribution in [3.63, 3.8) is 0 Å². The topological polar surface area (TPSA) is 123 Å². The SMILES string of the molecule is C=CC(=O)Nc1cccc(-n2cnc3c(N)nc(Nc4ccc(N5CCOCC5)c(Cl)c4)nc32)c1. The van der Waals surface area contributed by atoms with Crippen molar-refractivity contribution in [1.29, 1.82) is 0 Å². The lowest BCUT2D eigenvalue weighted by atomic mass is 10.2. The second-order valence-electron chi connectivity index (χ2n) is 7.85. The molecule has 0 radical (unpaired) electrons. The Kier molecular flexibility index (Phi) is 6.21. The van der Waals surface area contributed by atoms with Gasteiger partial charge in [0.2, 0.25) is 11.9 Å². The summed E-state index contributed by atoms with van der Waals surface area (Å²) in [6.07, 6.45) is 2.83. The molecule has 1 saturated heterocycles. The predicted molar refractivity (Wildman–Crippen MR) is 138 cm³/mol. The van der Waals surface area contributed by atoms with Gasteiger partial charge in [-0.3, -0.25) is 9.36 Å². The Morgan fingerprint density at radius 1 is 1.14 bits per heavy atom. The molecule has 0 aliphatic carbocycles. The minimum Gasteiger partial charge on any atom is -0.382 e. The fourth-order valence-corrected chi connectivity index (χ4v) is 4.17. The molecule has 0 bridgehead atoms. The molecular formula is C24H23ClN8O2. The average molecular weight is 491 g/mol. The number of benzene rings is 2. The van der Waals surface area contributed by atoms with E-state index in [1.54, 1.807) is 23.0 Å². The molecule has 11 heteroatoms. The largest absolute Gasteiger partial charge is 0.382 e. The van der Waals surface area contributed by atoms with E-state index in [4.69, 9.17) is 22.1 Å². The zero-order valence-electron chi connectivity index (χ0n) is 18.7. The van der Waals surface area contributed by atoms with Gasteiger partial charge in [0.15, 0.2) is 17.0 Å². The van der Waals surface area contributed by atoms with Crippen molar-refractivity contribution in [2.24, 2.45) is 0 Å². The highest BCUT2D eigenvalue weighted by atomic mass is 35.5. The summed E-state index contributed by atoms with van der Waals surface area (Å²) in [5.41, 5.74) is 10.2. The Labute approximate surface area is 206 Å². The molecule has 1 aliphatic rings. The van der Waals surface area contributed by atoms with Gasteiger partial charge in [-0.05, 0) is 42.5 Å². The molecule has 3 heterocycles. The van der Waals surface area contributed by atoms with Crippen molar-refractivity contribution in [3.05, 3.63) is 66.5 Å². The number of aromatic nitrogens is 4. The van der Waals surface area contributed by atoms with E-state index in [9.17, 15) is 4.79 Å². The van der Waals surface area contributed by atoms with Crippen molar-refractivity contribution >= 4 is 57.5 Å². The first-order valence-corrected chi connectivity index (χ1v) is 11.3. The Hall–Kier alpha value is -4.15. The summed E-state index contributed by atoms with van der Waals surface area (Å²) in [5, 5.41) is 6.55. The second-order valence-corrected chi connectivity index (χ2v) is 8.26. The van der Waals surface area contributed by atoms with Crippen molar-refractivity contribution in [3.8, 4) is 5.69 Å². The van der Waals surface area contributed by atoms with E-state index in [1.807, 2.05) is 30.3 Å². The molecule has 1 aliphatic heterocycles. The number of carbonyl (C=O) groups is 1. The highest BCUT2D eigenvalue weighted by Gasteiger charge is 2.16. The highest BCUT2D eigenvalue weighted by molar-refractivity contribution is 6.33. The first kappa shape index (κ1) is 22.6. The number of carbonyl (C=O) groups excluding carboxylic acids is 1. The number of hydrogen-bond acceptors (Lipinski definition) is 8. The summed E-state index contributed by atoms with van der Waals surface area (Å²) in [4.78, 5) is 27.2. The third-order valence-electron chi connectivity index (χ3n) is 5.56. The van der Waals surface area contributed by atoms with Gasteiger partial charge in [0.25, 0.3) is 0 Å². The number of ether oxygens (including phenoxy) is 1. The summed E-state index contributed by atoms with van der Waals surface area (Å²) in [7, 11) is 0. The molecule has 0 spiro atoms. The molecule has 5 rings (SSSR count). The standard InChI is InChI=1S/C24H23ClN8O2/c1-2-20(34)28-15-4-3-5-17(12-15)33-14-27-21-22(26)30-24(31-23(21)33)29-16-6-7-19(18(25)13-16)32-8-10-35-11-9-32/h2-7,12-14H,1,8-11H2,(H,28,34)(H3,26,29,30,31). The average Bonchev–Trinajstić information content (AvgIpc) is 3.29. The maximum absolute atomic E-state index is 11.7. The highest BCUT2D eigenvalue weighted by Crippen LogP contribution is 2.31. The third-order valence-corrected chi connectivity index (χ3v) is 5.86. The van der Waals surface area contributed by atoms with Crippen LogP contribution in [0.2, 0.25) is 5.02 Å². The molecule has 2 aromatic heterocycles. The van der Waals surface area contributed by atoms with Crippen LogP contribution < -0.4 is 21.3 Å². The van der Waals surface area contributed by atoms with E-state index in [-0.39, 0.29) is 11.7 Å². The van der Waals surface area contributed by atoms with Gasteiger partial charge in [0, 0.05) is 24.5 Å². The van der Waals surface area contributed by atoms with E-state index in [2.05, 4.69) is 37.1 Å². The van der Waals surface area contributed by atoms with Crippen LogP contribution in [0, 0.1) is 0 Å². The molecule has 4 N–H and O–H groups in total. The zero-order valence-corrected chi connectivity index (χ0v) is 19.5. The molecule has 0 unspecified atom stereocenters. The van der Waals surface area contributed by atoms with Gasteiger partial charge in [-0.1, -0.05) is 24.2 Å². The van der Waals surface area contributed by atoms with Gasteiger partial charge >= 0.3 is 0 Å². The van der Waals surface area contributed by atoms with Gasteiger partial charge in [-0.2, -0.15) is 9.97 Å². The molecule has 178 valence electrons.